The molecule has 3 aromatic rings. The van der Waals surface area contributed by atoms with Gasteiger partial charge in [0, 0.05) is 31.7 Å². The molecule has 0 aliphatic carbocycles. The second kappa shape index (κ2) is 8.88. The molecule has 6 nitrogen and oxygen atoms in total. The van der Waals surface area contributed by atoms with E-state index in [0.717, 1.165) is 42.9 Å². The highest BCUT2D eigenvalue weighted by Gasteiger charge is 2.14. The minimum Gasteiger partial charge on any atom is -0.378 e. The Hall–Kier alpha value is -2.86. The predicted octanol–water partition coefficient (Wildman–Crippen LogP) is 3.76. The number of rotatable bonds is 6. The lowest BCUT2D eigenvalue weighted by atomic mass is 10.1. The fourth-order valence-electron chi connectivity index (χ4n) is 3.91. The predicted molar refractivity (Wildman–Crippen MR) is 120 cm³/mol. The number of carbonyl (C=O) groups is 1. The van der Waals surface area contributed by atoms with Gasteiger partial charge in [-0.2, -0.15) is 0 Å². The molecule has 158 valence electrons. The second-order valence-electron chi connectivity index (χ2n) is 8.09. The van der Waals surface area contributed by atoms with Gasteiger partial charge in [-0.3, -0.25) is 4.79 Å². The Kier molecular flexibility index (Phi) is 6.04. The Morgan fingerprint density at radius 1 is 1.13 bits per heavy atom. The highest BCUT2D eigenvalue weighted by Crippen LogP contribution is 2.21. The van der Waals surface area contributed by atoms with Crippen molar-refractivity contribution in [3.63, 3.8) is 0 Å². The molecule has 2 heterocycles. The molecule has 1 amide bonds. The first kappa shape index (κ1) is 20.4. The number of carbonyl (C=O) groups excluding carboxylic acids is 1. The maximum atomic E-state index is 12.5. The monoisotopic (exact) mass is 406 g/mol. The van der Waals surface area contributed by atoms with Crippen LogP contribution < -0.4 is 10.2 Å². The van der Waals surface area contributed by atoms with Crippen molar-refractivity contribution < 1.29 is 9.53 Å². The number of imidazole rings is 1. The van der Waals surface area contributed by atoms with Gasteiger partial charge in [-0.05, 0) is 61.7 Å². The van der Waals surface area contributed by atoms with Gasteiger partial charge in [0.2, 0.25) is 5.91 Å². The van der Waals surface area contributed by atoms with Crippen molar-refractivity contribution in [3.8, 4) is 0 Å². The number of aryl methyl sites for hydroxylation is 3. The molecule has 1 aliphatic rings. The normalized spacial score (nSPS) is 15.4. The van der Waals surface area contributed by atoms with Gasteiger partial charge < -0.3 is 19.5 Å². The molecule has 0 bridgehead atoms. The summed E-state index contributed by atoms with van der Waals surface area (Å²) in [6.45, 7) is 10.2. The van der Waals surface area contributed by atoms with Crippen molar-refractivity contribution in [2.75, 3.05) is 31.2 Å². The third-order valence-electron chi connectivity index (χ3n) is 5.96. The molecular formula is C24H30N4O2. The molecule has 1 aliphatic heterocycles. The van der Waals surface area contributed by atoms with E-state index in [0.29, 0.717) is 13.0 Å². The standard InChI is InChI=1S/C24H30N4O2/c1-17-14-22-23(15-18(17)2)28(16-25-22)9-8-24(29)26-19(3)20-4-6-21(7-5-20)27-10-12-30-13-11-27/h4-7,14-16,19H,8-13H2,1-3H3,(H,26,29)/t19-/m1/s1. The summed E-state index contributed by atoms with van der Waals surface area (Å²) in [7, 11) is 0. The molecule has 4 rings (SSSR count). The van der Waals surface area contributed by atoms with E-state index in [1.54, 1.807) is 0 Å². The maximum Gasteiger partial charge on any atom is 0.222 e. The van der Waals surface area contributed by atoms with Gasteiger partial charge in [-0.15, -0.1) is 0 Å². The van der Waals surface area contributed by atoms with Crippen LogP contribution in [-0.2, 0) is 16.1 Å². The van der Waals surface area contributed by atoms with Crippen LogP contribution in [0.25, 0.3) is 11.0 Å². The van der Waals surface area contributed by atoms with Gasteiger partial charge in [-0.25, -0.2) is 4.98 Å². The van der Waals surface area contributed by atoms with Crippen LogP contribution in [0, 0.1) is 13.8 Å². The zero-order chi connectivity index (χ0) is 21.1. The topological polar surface area (TPSA) is 59.4 Å². The number of hydrogen-bond acceptors (Lipinski definition) is 4. The molecule has 1 atom stereocenters. The van der Waals surface area contributed by atoms with Gasteiger partial charge in [0.05, 0.1) is 36.6 Å². The van der Waals surface area contributed by atoms with Crippen molar-refractivity contribution in [3.05, 3.63) is 59.4 Å². The summed E-state index contributed by atoms with van der Waals surface area (Å²) in [5.74, 6) is 0.0467. The van der Waals surface area contributed by atoms with E-state index in [-0.39, 0.29) is 11.9 Å². The lowest BCUT2D eigenvalue weighted by molar-refractivity contribution is -0.121. The van der Waals surface area contributed by atoms with E-state index in [9.17, 15) is 4.79 Å². The van der Waals surface area contributed by atoms with E-state index in [1.807, 2.05) is 13.3 Å². The number of aromatic nitrogens is 2. The third kappa shape index (κ3) is 4.49. The van der Waals surface area contributed by atoms with E-state index in [1.165, 1.54) is 16.8 Å². The molecule has 0 spiro atoms. The van der Waals surface area contributed by atoms with Crippen LogP contribution in [0.15, 0.2) is 42.7 Å². The first-order valence-corrected chi connectivity index (χ1v) is 10.7. The van der Waals surface area contributed by atoms with Crippen molar-refractivity contribution in [2.24, 2.45) is 0 Å². The fourth-order valence-corrected chi connectivity index (χ4v) is 3.91. The summed E-state index contributed by atoms with van der Waals surface area (Å²) in [4.78, 5) is 19.3. The number of ether oxygens (including phenoxy) is 1. The number of anilines is 1. The van der Waals surface area contributed by atoms with Gasteiger partial charge in [0.15, 0.2) is 0 Å². The zero-order valence-corrected chi connectivity index (χ0v) is 18.0. The molecule has 1 N–H and O–H groups in total. The average molecular weight is 407 g/mol. The highest BCUT2D eigenvalue weighted by atomic mass is 16.5. The zero-order valence-electron chi connectivity index (χ0n) is 18.0. The number of morpholine rings is 1. The number of benzene rings is 2. The fraction of sp³-hybridized carbons (Fsp3) is 0.417. The number of nitrogens with one attached hydrogen (secondary N) is 1. The second-order valence-corrected chi connectivity index (χ2v) is 8.09. The molecule has 30 heavy (non-hydrogen) atoms. The number of amides is 1. The lowest BCUT2D eigenvalue weighted by Gasteiger charge is -2.29. The minimum absolute atomic E-state index is 0.0272. The molecule has 1 fully saturated rings. The number of nitrogens with zero attached hydrogens (tertiary/aromatic N) is 3. The third-order valence-corrected chi connectivity index (χ3v) is 5.96. The van der Waals surface area contributed by atoms with Crippen molar-refractivity contribution in [1.82, 2.24) is 14.9 Å². The minimum atomic E-state index is -0.0272. The Morgan fingerprint density at radius 2 is 1.83 bits per heavy atom. The summed E-state index contributed by atoms with van der Waals surface area (Å²) >= 11 is 0. The van der Waals surface area contributed by atoms with Crippen LogP contribution in [0.5, 0.6) is 0 Å². The Morgan fingerprint density at radius 3 is 2.57 bits per heavy atom. The summed E-state index contributed by atoms with van der Waals surface area (Å²) in [6.07, 6.45) is 2.25. The summed E-state index contributed by atoms with van der Waals surface area (Å²) < 4.78 is 7.48. The maximum absolute atomic E-state index is 12.5. The summed E-state index contributed by atoms with van der Waals surface area (Å²) in [6, 6.07) is 12.7. The largest absolute Gasteiger partial charge is 0.378 e. The van der Waals surface area contributed by atoms with E-state index < -0.39 is 0 Å². The van der Waals surface area contributed by atoms with Gasteiger partial charge in [0.25, 0.3) is 0 Å². The van der Waals surface area contributed by atoms with Crippen LogP contribution in [0.4, 0.5) is 5.69 Å². The van der Waals surface area contributed by atoms with E-state index >= 15 is 0 Å². The summed E-state index contributed by atoms with van der Waals surface area (Å²) in [5.41, 5.74) is 6.85. The SMILES string of the molecule is Cc1cc2ncn(CCC(=O)N[C@H](C)c3ccc(N4CCOCC4)cc3)c2cc1C. The van der Waals surface area contributed by atoms with Crippen LogP contribution in [0.3, 0.4) is 0 Å². The van der Waals surface area contributed by atoms with Gasteiger partial charge in [-0.1, -0.05) is 12.1 Å². The number of fused-ring (bicyclic) bond motifs is 1. The molecule has 0 unspecified atom stereocenters. The molecule has 1 saturated heterocycles. The molecule has 0 radical (unpaired) electrons. The molecule has 6 heteroatoms. The van der Waals surface area contributed by atoms with Crippen molar-refractivity contribution >= 4 is 22.6 Å². The molecule has 1 aromatic heterocycles. The van der Waals surface area contributed by atoms with Crippen LogP contribution in [0.1, 0.15) is 36.1 Å². The quantitative estimate of drug-likeness (QED) is 0.677. The first-order valence-electron chi connectivity index (χ1n) is 10.7. The summed E-state index contributed by atoms with van der Waals surface area (Å²) in [5, 5.41) is 3.12. The number of hydrogen-bond donors (Lipinski definition) is 1. The Labute approximate surface area is 177 Å². The highest BCUT2D eigenvalue weighted by molar-refractivity contribution is 5.79. The van der Waals surface area contributed by atoms with Crippen molar-refractivity contribution in [1.29, 1.82) is 0 Å². The van der Waals surface area contributed by atoms with Gasteiger partial charge in [0.1, 0.15) is 0 Å². The van der Waals surface area contributed by atoms with Crippen LogP contribution in [0.2, 0.25) is 0 Å². The Bertz CT molecular complexity index is 1020. The smallest absolute Gasteiger partial charge is 0.222 e. The van der Waals surface area contributed by atoms with Gasteiger partial charge >= 0.3 is 0 Å². The molecular weight excluding hydrogens is 376 g/mol. The Balaban J connectivity index is 1.33. The van der Waals surface area contributed by atoms with Crippen LogP contribution >= 0.6 is 0 Å². The molecule has 2 aromatic carbocycles. The van der Waals surface area contributed by atoms with Crippen molar-refractivity contribution in [2.45, 2.75) is 39.8 Å². The van der Waals surface area contributed by atoms with E-state index in [2.05, 4.69) is 70.0 Å². The van der Waals surface area contributed by atoms with Crippen LogP contribution in [-0.4, -0.2) is 41.8 Å². The first-order chi connectivity index (χ1) is 14.5. The average Bonchev–Trinajstić information content (AvgIpc) is 3.15. The lowest BCUT2D eigenvalue weighted by Crippen LogP contribution is -2.36. The van der Waals surface area contributed by atoms with E-state index in [4.69, 9.17) is 4.74 Å². The molecule has 0 saturated carbocycles.